The van der Waals surface area contributed by atoms with Gasteiger partial charge in [-0.25, -0.2) is 4.39 Å². The smallest absolute Gasteiger partial charge is 0.241 e. The van der Waals surface area contributed by atoms with Crippen LogP contribution in [-0.4, -0.2) is 25.5 Å². The molecule has 1 aliphatic rings. The predicted molar refractivity (Wildman–Crippen MR) is 56.3 cm³/mol. The molecule has 0 spiro atoms. The number of nitriles is 1. The van der Waals surface area contributed by atoms with Gasteiger partial charge in [0.2, 0.25) is 5.91 Å². The van der Waals surface area contributed by atoms with E-state index in [2.05, 4.69) is 5.32 Å². The number of amides is 1. The van der Waals surface area contributed by atoms with Crippen LogP contribution < -0.4 is 10.2 Å². The summed E-state index contributed by atoms with van der Waals surface area (Å²) < 4.78 is 12.9. The van der Waals surface area contributed by atoms with Crippen molar-refractivity contribution in [3.05, 3.63) is 29.6 Å². The molecule has 1 aromatic rings. The van der Waals surface area contributed by atoms with E-state index in [1.165, 1.54) is 17.0 Å². The van der Waals surface area contributed by atoms with Crippen molar-refractivity contribution in [2.24, 2.45) is 0 Å². The Labute approximate surface area is 92.3 Å². The van der Waals surface area contributed by atoms with Crippen LogP contribution in [0.25, 0.3) is 0 Å². The number of hydrogen-bond acceptors (Lipinski definition) is 3. The van der Waals surface area contributed by atoms with Gasteiger partial charge in [-0.2, -0.15) is 5.26 Å². The third-order valence-electron chi connectivity index (χ3n) is 2.46. The van der Waals surface area contributed by atoms with Gasteiger partial charge >= 0.3 is 0 Å². The molecule has 16 heavy (non-hydrogen) atoms. The molecule has 0 aliphatic carbocycles. The molecule has 0 aromatic heterocycles. The van der Waals surface area contributed by atoms with Crippen LogP contribution in [0.3, 0.4) is 0 Å². The summed E-state index contributed by atoms with van der Waals surface area (Å²) in [6.07, 6.45) is 0. The van der Waals surface area contributed by atoms with Gasteiger partial charge in [0.15, 0.2) is 0 Å². The van der Waals surface area contributed by atoms with Crippen LogP contribution in [0, 0.1) is 17.1 Å². The van der Waals surface area contributed by atoms with Gasteiger partial charge in [0.25, 0.3) is 0 Å². The van der Waals surface area contributed by atoms with E-state index in [1.54, 1.807) is 0 Å². The largest absolute Gasteiger partial charge is 0.309 e. The van der Waals surface area contributed by atoms with Gasteiger partial charge in [0.1, 0.15) is 11.9 Å². The summed E-state index contributed by atoms with van der Waals surface area (Å²) in [7, 11) is 0. The van der Waals surface area contributed by atoms with Crippen molar-refractivity contribution < 1.29 is 9.18 Å². The second kappa shape index (κ2) is 4.29. The second-order valence-corrected chi connectivity index (χ2v) is 3.50. The van der Waals surface area contributed by atoms with Crippen molar-refractivity contribution in [3.63, 3.8) is 0 Å². The molecule has 1 N–H and O–H groups in total. The number of carbonyl (C=O) groups excluding carboxylic acids is 1. The Hall–Kier alpha value is -1.93. The summed E-state index contributed by atoms with van der Waals surface area (Å²) in [5, 5.41) is 11.8. The Kier molecular flexibility index (Phi) is 2.84. The van der Waals surface area contributed by atoms with E-state index in [9.17, 15) is 9.18 Å². The third-order valence-corrected chi connectivity index (χ3v) is 2.46. The van der Waals surface area contributed by atoms with Gasteiger partial charge in [-0.05, 0) is 18.2 Å². The van der Waals surface area contributed by atoms with E-state index in [0.29, 0.717) is 18.8 Å². The maximum absolute atomic E-state index is 12.9. The molecule has 82 valence electrons. The fourth-order valence-corrected chi connectivity index (χ4v) is 1.69. The molecule has 1 saturated heterocycles. The molecule has 1 fully saturated rings. The molecule has 1 heterocycles. The van der Waals surface area contributed by atoms with Crippen molar-refractivity contribution in [1.29, 1.82) is 5.26 Å². The Bertz CT molecular complexity index is 467. The first-order valence-corrected chi connectivity index (χ1v) is 4.93. The lowest BCUT2D eigenvalue weighted by atomic mass is 10.1. The molecule has 0 unspecified atom stereocenters. The van der Waals surface area contributed by atoms with E-state index in [4.69, 9.17) is 5.26 Å². The van der Waals surface area contributed by atoms with E-state index >= 15 is 0 Å². The van der Waals surface area contributed by atoms with Gasteiger partial charge < -0.3 is 10.2 Å². The molecule has 2 rings (SSSR count). The highest BCUT2D eigenvalue weighted by molar-refractivity contribution is 5.96. The minimum absolute atomic E-state index is 0.102. The Morgan fingerprint density at radius 3 is 3.00 bits per heavy atom. The molecule has 1 aromatic carbocycles. The Balaban J connectivity index is 2.39. The summed E-state index contributed by atoms with van der Waals surface area (Å²) in [4.78, 5) is 13.1. The van der Waals surface area contributed by atoms with Crippen molar-refractivity contribution in [2.45, 2.75) is 0 Å². The molecule has 0 saturated carbocycles. The van der Waals surface area contributed by atoms with Gasteiger partial charge in [0, 0.05) is 13.1 Å². The van der Waals surface area contributed by atoms with Crippen molar-refractivity contribution >= 4 is 11.6 Å². The minimum atomic E-state index is -0.470. The minimum Gasteiger partial charge on any atom is -0.309 e. The molecule has 0 bridgehead atoms. The zero-order valence-corrected chi connectivity index (χ0v) is 8.53. The van der Waals surface area contributed by atoms with Crippen LogP contribution in [-0.2, 0) is 4.79 Å². The standard InChI is InChI=1S/C11H10FN3O/c12-9-1-2-10(8(5-9)6-13)15-4-3-14-7-11(15)16/h1-2,5,14H,3-4,7H2. The molecule has 4 nitrogen and oxygen atoms in total. The second-order valence-electron chi connectivity index (χ2n) is 3.50. The number of rotatable bonds is 1. The summed E-state index contributed by atoms with van der Waals surface area (Å²) in [6, 6.07) is 5.77. The molecule has 1 aliphatic heterocycles. The summed E-state index contributed by atoms with van der Waals surface area (Å²) in [5.74, 6) is -0.572. The van der Waals surface area contributed by atoms with Crippen LogP contribution in [0.4, 0.5) is 10.1 Å². The zero-order valence-electron chi connectivity index (χ0n) is 8.53. The lowest BCUT2D eigenvalue weighted by Crippen LogP contribution is -2.48. The van der Waals surface area contributed by atoms with E-state index < -0.39 is 5.82 Å². The first-order chi connectivity index (χ1) is 7.72. The number of anilines is 1. The van der Waals surface area contributed by atoms with Crippen LogP contribution in [0.5, 0.6) is 0 Å². The Morgan fingerprint density at radius 1 is 1.50 bits per heavy atom. The molecule has 1 amide bonds. The number of nitrogens with zero attached hydrogens (tertiary/aromatic N) is 2. The molecular formula is C11H10FN3O. The van der Waals surface area contributed by atoms with E-state index in [1.807, 2.05) is 6.07 Å². The third kappa shape index (κ3) is 1.88. The Morgan fingerprint density at radius 2 is 2.31 bits per heavy atom. The quantitative estimate of drug-likeness (QED) is 0.753. The number of nitrogens with one attached hydrogen (secondary N) is 1. The highest BCUT2D eigenvalue weighted by atomic mass is 19.1. The fraction of sp³-hybridized carbons (Fsp3) is 0.273. The van der Waals surface area contributed by atoms with Crippen molar-refractivity contribution in [2.75, 3.05) is 24.5 Å². The van der Waals surface area contributed by atoms with Gasteiger partial charge in [-0.1, -0.05) is 0 Å². The number of carbonyl (C=O) groups is 1. The topological polar surface area (TPSA) is 56.1 Å². The van der Waals surface area contributed by atoms with Crippen molar-refractivity contribution in [1.82, 2.24) is 5.32 Å². The maximum Gasteiger partial charge on any atom is 0.241 e. The first-order valence-electron chi connectivity index (χ1n) is 4.93. The molecule has 5 heteroatoms. The highest BCUT2D eigenvalue weighted by Gasteiger charge is 2.21. The number of halogens is 1. The van der Waals surface area contributed by atoms with Crippen LogP contribution in [0.2, 0.25) is 0 Å². The van der Waals surface area contributed by atoms with Crippen molar-refractivity contribution in [3.8, 4) is 6.07 Å². The van der Waals surface area contributed by atoms with E-state index in [-0.39, 0.29) is 18.0 Å². The van der Waals surface area contributed by atoms with Gasteiger partial charge in [0.05, 0.1) is 17.8 Å². The SMILES string of the molecule is N#Cc1cc(F)ccc1N1CCNCC1=O. The van der Waals surface area contributed by atoms with Crippen LogP contribution >= 0.6 is 0 Å². The molecule has 0 atom stereocenters. The maximum atomic E-state index is 12.9. The normalized spacial score (nSPS) is 16.0. The zero-order chi connectivity index (χ0) is 11.5. The van der Waals surface area contributed by atoms with E-state index in [0.717, 1.165) is 6.07 Å². The molecular weight excluding hydrogens is 209 g/mol. The molecule has 0 radical (unpaired) electrons. The summed E-state index contributed by atoms with van der Waals surface area (Å²) >= 11 is 0. The van der Waals surface area contributed by atoms with Crippen LogP contribution in [0.15, 0.2) is 18.2 Å². The summed E-state index contributed by atoms with van der Waals surface area (Å²) in [5.41, 5.74) is 0.672. The first kappa shape index (κ1) is 10.6. The monoisotopic (exact) mass is 219 g/mol. The fourth-order valence-electron chi connectivity index (χ4n) is 1.69. The van der Waals surface area contributed by atoms with Gasteiger partial charge in [-0.15, -0.1) is 0 Å². The van der Waals surface area contributed by atoms with Crippen LogP contribution in [0.1, 0.15) is 5.56 Å². The number of hydrogen-bond donors (Lipinski definition) is 1. The predicted octanol–water partition coefficient (Wildman–Crippen LogP) is 0.634. The average Bonchev–Trinajstić information content (AvgIpc) is 2.30. The summed E-state index contributed by atoms with van der Waals surface area (Å²) in [6.45, 7) is 1.43. The highest BCUT2D eigenvalue weighted by Crippen LogP contribution is 2.21. The lowest BCUT2D eigenvalue weighted by molar-refractivity contribution is -0.118. The number of benzene rings is 1. The average molecular weight is 219 g/mol. The number of piperazine rings is 1. The van der Waals surface area contributed by atoms with Gasteiger partial charge in [-0.3, -0.25) is 4.79 Å². The lowest BCUT2D eigenvalue weighted by Gasteiger charge is -2.28.